The lowest BCUT2D eigenvalue weighted by atomic mass is 10.1. The maximum Gasteiger partial charge on any atom is 0.222 e. The van der Waals surface area contributed by atoms with Crippen LogP contribution in [0.1, 0.15) is 31.7 Å². The zero-order valence-electron chi connectivity index (χ0n) is 11.3. The van der Waals surface area contributed by atoms with E-state index in [0.717, 1.165) is 34.4 Å². The number of nitrogens with zero attached hydrogens (tertiary/aromatic N) is 2. The van der Waals surface area contributed by atoms with Crippen LogP contribution in [0.4, 0.5) is 11.8 Å². The van der Waals surface area contributed by atoms with Gasteiger partial charge in [0.25, 0.3) is 0 Å². The quantitative estimate of drug-likeness (QED) is 0.757. The Morgan fingerprint density at radius 1 is 1.42 bits per heavy atom. The van der Waals surface area contributed by atoms with Gasteiger partial charge in [-0.3, -0.25) is 0 Å². The topological polar surface area (TPSA) is 84.1 Å². The molecule has 0 saturated heterocycles. The van der Waals surface area contributed by atoms with Crippen LogP contribution in [0.5, 0.6) is 0 Å². The Kier molecular flexibility index (Phi) is 4.55. The maximum atomic E-state index is 9.12. The van der Waals surface area contributed by atoms with Crippen LogP contribution < -0.4 is 11.1 Å². The summed E-state index contributed by atoms with van der Waals surface area (Å²) in [6.45, 7) is 4.32. The molecule has 0 saturated carbocycles. The Bertz CT molecular complexity index is 549. The van der Waals surface area contributed by atoms with Crippen molar-refractivity contribution in [3.8, 4) is 0 Å². The number of aliphatic hydroxyl groups excluding tert-OH is 1. The molecule has 0 radical (unpaired) electrons. The average molecular weight is 280 g/mol. The first kappa shape index (κ1) is 14.0. The Hall–Kier alpha value is -1.40. The van der Waals surface area contributed by atoms with Crippen molar-refractivity contribution < 1.29 is 5.11 Å². The predicted octanol–water partition coefficient (Wildman–Crippen LogP) is 2.54. The highest BCUT2D eigenvalue weighted by Crippen LogP contribution is 2.30. The molecule has 5 nitrogen and oxygen atoms in total. The summed E-state index contributed by atoms with van der Waals surface area (Å²) >= 11 is 1.62. The molecule has 2 heterocycles. The van der Waals surface area contributed by atoms with Crippen molar-refractivity contribution in [2.24, 2.45) is 0 Å². The molecule has 0 fully saturated rings. The number of nitrogens with two attached hydrogens (primary N) is 1. The Morgan fingerprint density at radius 2 is 2.21 bits per heavy atom. The van der Waals surface area contributed by atoms with Gasteiger partial charge in [0.15, 0.2) is 0 Å². The van der Waals surface area contributed by atoms with E-state index >= 15 is 0 Å². The molecule has 2 aromatic rings. The van der Waals surface area contributed by atoms with E-state index in [2.05, 4.69) is 27.6 Å². The van der Waals surface area contributed by atoms with E-state index in [1.807, 2.05) is 6.92 Å². The lowest BCUT2D eigenvalue weighted by Gasteiger charge is -2.18. The first-order valence-electron chi connectivity index (χ1n) is 6.54. The number of rotatable bonds is 6. The van der Waals surface area contributed by atoms with E-state index in [1.165, 1.54) is 0 Å². The van der Waals surface area contributed by atoms with Crippen LogP contribution in [0, 0.1) is 6.92 Å². The van der Waals surface area contributed by atoms with Gasteiger partial charge in [0, 0.05) is 12.6 Å². The third-order valence-corrected chi connectivity index (χ3v) is 4.16. The smallest absolute Gasteiger partial charge is 0.222 e. The zero-order valence-corrected chi connectivity index (χ0v) is 12.1. The molecule has 19 heavy (non-hydrogen) atoms. The van der Waals surface area contributed by atoms with Crippen molar-refractivity contribution in [1.82, 2.24) is 9.97 Å². The van der Waals surface area contributed by atoms with E-state index in [0.29, 0.717) is 6.42 Å². The standard InChI is InChI=1S/C13H20N4OS/c1-3-4-9(5-6-18)15-12-11-10(8(2)7-19-11)16-13(14)17-12/h7,9,18H,3-6H2,1-2H3,(H3,14,15,16,17)/t9-/m0/s1. The van der Waals surface area contributed by atoms with Gasteiger partial charge < -0.3 is 16.2 Å². The molecule has 1 atom stereocenters. The van der Waals surface area contributed by atoms with Gasteiger partial charge in [0.2, 0.25) is 5.95 Å². The molecule has 2 aromatic heterocycles. The summed E-state index contributed by atoms with van der Waals surface area (Å²) in [5, 5.41) is 14.6. The highest BCUT2D eigenvalue weighted by molar-refractivity contribution is 7.18. The van der Waals surface area contributed by atoms with Crippen molar-refractivity contribution in [3.05, 3.63) is 10.9 Å². The van der Waals surface area contributed by atoms with Crippen LogP contribution >= 0.6 is 11.3 Å². The van der Waals surface area contributed by atoms with Crippen LogP contribution in [-0.2, 0) is 0 Å². The second kappa shape index (κ2) is 6.16. The van der Waals surface area contributed by atoms with E-state index in [9.17, 15) is 0 Å². The van der Waals surface area contributed by atoms with Gasteiger partial charge >= 0.3 is 0 Å². The molecular formula is C13H20N4OS. The molecule has 0 bridgehead atoms. The third kappa shape index (κ3) is 3.13. The first-order chi connectivity index (χ1) is 9.15. The molecule has 2 rings (SSSR count). The SMILES string of the molecule is CCC[C@@H](CCO)Nc1nc(N)nc2c(C)csc12. The number of nitrogen functional groups attached to an aromatic ring is 1. The normalized spacial score (nSPS) is 12.8. The second-order valence-corrected chi connectivity index (χ2v) is 5.55. The third-order valence-electron chi connectivity index (χ3n) is 3.07. The number of nitrogens with one attached hydrogen (secondary N) is 1. The Balaban J connectivity index is 2.32. The number of aryl methyl sites for hydroxylation is 1. The summed E-state index contributed by atoms with van der Waals surface area (Å²) in [6, 6.07) is 0.218. The minimum absolute atomic E-state index is 0.171. The lowest BCUT2D eigenvalue weighted by Crippen LogP contribution is -2.21. The van der Waals surface area contributed by atoms with Crippen LogP contribution in [0.2, 0.25) is 0 Å². The molecule has 0 aliphatic heterocycles. The van der Waals surface area contributed by atoms with Gasteiger partial charge in [-0.1, -0.05) is 13.3 Å². The molecule has 0 amide bonds. The van der Waals surface area contributed by atoms with E-state index in [1.54, 1.807) is 11.3 Å². The number of thiophene rings is 1. The molecule has 0 spiro atoms. The van der Waals surface area contributed by atoms with Crippen molar-refractivity contribution in [2.45, 2.75) is 39.2 Å². The molecule has 4 N–H and O–H groups in total. The van der Waals surface area contributed by atoms with Crippen molar-refractivity contribution in [3.63, 3.8) is 0 Å². The summed E-state index contributed by atoms with van der Waals surface area (Å²) in [5.41, 5.74) is 7.80. The van der Waals surface area contributed by atoms with Gasteiger partial charge in [-0.25, -0.2) is 4.98 Å². The fourth-order valence-electron chi connectivity index (χ4n) is 2.13. The Labute approximate surface area is 116 Å². The van der Waals surface area contributed by atoms with Crippen molar-refractivity contribution in [2.75, 3.05) is 17.7 Å². The van der Waals surface area contributed by atoms with Gasteiger partial charge in [-0.2, -0.15) is 4.98 Å². The van der Waals surface area contributed by atoms with Crippen LogP contribution in [0.25, 0.3) is 10.2 Å². The van der Waals surface area contributed by atoms with Gasteiger partial charge in [0.1, 0.15) is 5.82 Å². The minimum Gasteiger partial charge on any atom is -0.396 e. The zero-order chi connectivity index (χ0) is 13.8. The second-order valence-electron chi connectivity index (χ2n) is 4.67. The maximum absolute atomic E-state index is 9.12. The molecule has 0 aliphatic carbocycles. The van der Waals surface area contributed by atoms with Crippen molar-refractivity contribution >= 4 is 33.3 Å². The fraction of sp³-hybridized carbons (Fsp3) is 0.538. The van der Waals surface area contributed by atoms with E-state index in [-0.39, 0.29) is 18.6 Å². The summed E-state index contributed by atoms with van der Waals surface area (Å²) in [6.07, 6.45) is 2.77. The monoisotopic (exact) mass is 280 g/mol. The number of hydrogen-bond donors (Lipinski definition) is 3. The van der Waals surface area contributed by atoms with Crippen LogP contribution in [-0.4, -0.2) is 27.7 Å². The highest BCUT2D eigenvalue weighted by atomic mass is 32.1. The van der Waals surface area contributed by atoms with Crippen LogP contribution in [0.15, 0.2) is 5.38 Å². The van der Waals surface area contributed by atoms with Gasteiger partial charge in [0.05, 0.1) is 10.2 Å². The summed E-state index contributed by atoms with van der Waals surface area (Å²) in [4.78, 5) is 8.59. The minimum atomic E-state index is 0.171. The number of aliphatic hydroxyl groups is 1. The number of aromatic nitrogens is 2. The van der Waals surface area contributed by atoms with E-state index < -0.39 is 0 Å². The van der Waals surface area contributed by atoms with Crippen molar-refractivity contribution in [1.29, 1.82) is 0 Å². The van der Waals surface area contributed by atoms with Crippen LogP contribution in [0.3, 0.4) is 0 Å². The summed E-state index contributed by atoms with van der Waals surface area (Å²) < 4.78 is 1.03. The number of fused-ring (bicyclic) bond motifs is 1. The molecule has 6 heteroatoms. The molecule has 0 aromatic carbocycles. The number of anilines is 2. The number of hydrogen-bond acceptors (Lipinski definition) is 6. The Morgan fingerprint density at radius 3 is 2.89 bits per heavy atom. The highest BCUT2D eigenvalue weighted by Gasteiger charge is 2.14. The first-order valence-corrected chi connectivity index (χ1v) is 7.42. The molecule has 0 aliphatic rings. The lowest BCUT2D eigenvalue weighted by molar-refractivity contribution is 0.276. The molecule has 0 unspecified atom stereocenters. The summed E-state index contributed by atoms with van der Waals surface area (Å²) in [5.74, 6) is 1.07. The molecular weight excluding hydrogens is 260 g/mol. The van der Waals surface area contributed by atoms with Gasteiger partial charge in [-0.05, 0) is 30.7 Å². The van der Waals surface area contributed by atoms with Gasteiger partial charge in [-0.15, -0.1) is 11.3 Å². The predicted molar refractivity (Wildman–Crippen MR) is 80.6 cm³/mol. The summed E-state index contributed by atoms with van der Waals surface area (Å²) in [7, 11) is 0. The van der Waals surface area contributed by atoms with E-state index in [4.69, 9.17) is 10.8 Å². The average Bonchev–Trinajstić information content (AvgIpc) is 2.72. The molecule has 104 valence electrons. The fourth-order valence-corrected chi connectivity index (χ4v) is 3.07. The largest absolute Gasteiger partial charge is 0.396 e.